The second-order valence-corrected chi connectivity index (χ2v) is 11.5. The first-order chi connectivity index (χ1) is 14.7. The molecule has 1 saturated heterocycles. The number of allylic oxidation sites excluding steroid dienone is 2. The van der Waals surface area contributed by atoms with Crippen molar-refractivity contribution in [3.8, 4) is 0 Å². The molecule has 2 unspecified atom stereocenters. The molecule has 1 aromatic heterocycles. The third-order valence-electron chi connectivity index (χ3n) is 9.68. The zero-order valence-corrected chi connectivity index (χ0v) is 20.0. The summed E-state index contributed by atoms with van der Waals surface area (Å²) in [5.41, 5.74) is 3.93. The van der Waals surface area contributed by atoms with Gasteiger partial charge in [0.2, 0.25) is 5.91 Å². The maximum atomic E-state index is 12.9. The van der Waals surface area contributed by atoms with Crippen molar-refractivity contribution in [2.75, 3.05) is 7.05 Å². The first-order valence-corrected chi connectivity index (χ1v) is 12.2. The van der Waals surface area contributed by atoms with Gasteiger partial charge in [0.1, 0.15) is 5.92 Å². The lowest BCUT2D eigenvalue weighted by molar-refractivity contribution is -0.146. The summed E-state index contributed by atoms with van der Waals surface area (Å²) in [6.45, 7) is 7.05. The third-order valence-corrected chi connectivity index (χ3v) is 9.99. The highest BCUT2D eigenvalue weighted by Crippen LogP contribution is 2.68. The number of hydrogen-bond acceptors (Lipinski definition) is 3. The number of pyridine rings is 1. The molecule has 7 atom stereocenters. The van der Waals surface area contributed by atoms with Crippen LogP contribution in [0.4, 0.5) is 0 Å². The number of amides is 1. The summed E-state index contributed by atoms with van der Waals surface area (Å²) in [7, 11) is 1.86. The van der Waals surface area contributed by atoms with Crippen LogP contribution >= 0.6 is 12.6 Å². The van der Waals surface area contributed by atoms with E-state index in [4.69, 9.17) is 4.98 Å². The molecular weight excluding hydrogens is 404 g/mol. The van der Waals surface area contributed by atoms with E-state index < -0.39 is 5.92 Å². The Morgan fingerprint density at radius 3 is 2.65 bits per heavy atom. The molecule has 5 rings (SSSR count). The quantitative estimate of drug-likeness (QED) is 0.508. The van der Waals surface area contributed by atoms with E-state index in [1.54, 1.807) is 4.90 Å². The van der Waals surface area contributed by atoms with Crippen LogP contribution in [0.1, 0.15) is 70.9 Å². The van der Waals surface area contributed by atoms with Crippen LogP contribution in [0.25, 0.3) is 0 Å². The Kier molecular flexibility index (Phi) is 4.93. The molecule has 0 bridgehead atoms. The topological polar surface area (TPSA) is 50.3 Å². The van der Waals surface area contributed by atoms with Crippen molar-refractivity contribution in [2.45, 2.75) is 65.2 Å². The largest absolute Gasteiger partial charge is 0.318 e. The van der Waals surface area contributed by atoms with Gasteiger partial charge in [0.25, 0.3) is 0 Å². The molecule has 2 heterocycles. The number of thiol groups is 1. The van der Waals surface area contributed by atoms with Crippen LogP contribution in [0.2, 0.25) is 0 Å². The van der Waals surface area contributed by atoms with Crippen LogP contribution < -0.4 is 0 Å². The number of carbonyl (C=O) groups is 2. The molecule has 31 heavy (non-hydrogen) atoms. The molecule has 1 amide bonds. The number of hydrogen-bond donors (Lipinski definition) is 1. The molecule has 0 N–H and O–H groups in total. The fourth-order valence-corrected chi connectivity index (χ4v) is 8.71. The van der Waals surface area contributed by atoms with Gasteiger partial charge in [-0.15, -0.1) is 12.6 Å². The second-order valence-electron chi connectivity index (χ2n) is 11.0. The van der Waals surface area contributed by atoms with Crippen molar-refractivity contribution < 1.29 is 9.59 Å². The van der Waals surface area contributed by atoms with E-state index in [1.165, 1.54) is 36.2 Å². The number of carbonyl (C=O) groups excluding carboxylic acids is 2. The first kappa shape index (κ1) is 21.2. The Bertz CT molecular complexity index is 959. The van der Waals surface area contributed by atoms with E-state index in [0.717, 1.165) is 12.8 Å². The third kappa shape index (κ3) is 2.91. The first-order valence-electron chi connectivity index (χ1n) is 11.8. The van der Waals surface area contributed by atoms with Crippen LogP contribution in [-0.4, -0.2) is 28.0 Å². The van der Waals surface area contributed by atoms with Crippen molar-refractivity contribution in [1.82, 2.24) is 9.88 Å². The minimum Gasteiger partial charge on any atom is -0.318 e. The lowest BCUT2D eigenvalue weighted by atomic mass is 9.47. The SMILES string of the molecule is CC1=C2N(C)C(=O)C(C(=O)S)C[C@]2(C)[C@@H]2CC[C@]3(C)C(c4ccccn4)CC[C@H]3[C@@H]2C1. The number of likely N-dealkylation sites (tertiary alicyclic amines) is 1. The van der Waals surface area contributed by atoms with Crippen LogP contribution in [0.5, 0.6) is 0 Å². The highest BCUT2D eigenvalue weighted by molar-refractivity contribution is 7.96. The average Bonchev–Trinajstić information content (AvgIpc) is 3.08. The molecule has 2 saturated carbocycles. The van der Waals surface area contributed by atoms with Gasteiger partial charge in [0, 0.05) is 36.0 Å². The Morgan fingerprint density at radius 2 is 1.97 bits per heavy atom. The lowest BCUT2D eigenvalue weighted by Gasteiger charge is -2.60. The number of rotatable bonds is 2. The van der Waals surface area contributed by atoms with Gasteiger partial charge < -0.3 is 4.90 Å². The lowest BCUT2D eigenvalue weighted by Crippen LogP contribution is -2.57. The maximum absolute atomic E-state index is 12.9. The summed E-state index contributed by atoms with van der Waals surface area (Å²) in [6, 6.07) is 6.34. The van der Waals surface area contributed by atoms with Crippen LogP contribution in [0, 0.1) is 34.5 Å². The molecule has 4 nitrogen and oxygen atoms in total. The predicted molar refractivity (Wildman–Crippen MR) is 124 cm³/mol. The van der Waals surface area contributed by atoms with E-state index in [0.29, 0.717) is 30.1 Å². The summed E-state index contributed by atoms with van der Waals surface area (Å²) in [6.07, 6.45) is 8.43. The molecule has 166 valence electrons. The van der Waals surface area contributed by atoms with Gasteiger partial charge in [-0.05, 0) is 80.8 Å². The molecule has 1 aromatic rings. The summed E-state index contributed by atoms with van der Waals surface area (Å²) in [4.78, 5) is 31.7. The highest BCUT2D eigenvalue weighted by atomic mass is 32.1. The standard InChI is InChI=1S/C26H34N2O2S/c1-15-13-16-18-8-9-20(21-7-5-6-12-27-21)25(18,2)11-10-19(16)26(3)14-17(24(30)31)23(29)28(4)22(15)26/h5-7,12,16-20H,8-11,13-14H2,1-4H3,(H,30,31)/t16-,17?,18-,19+,20?,25-,26+/m0/s1. The minimum atomic E-state index is -0.619. The molecule has 0 spiro atoms. The molecule has 0 radical (unpaired) electrons. The summed E-state index contributed by atoms with van der Waals surface area (Å²) < 4.78 is 0. The summed E-state index contributed by atoms with van der Waals surface area (Å²) in [5, 5.41) is -0.284. The van der Waals surface area contributed by atoms with Crippen LogP contribution in [-0.2, 0) is 9.59 Å². The normalized spacial score (nSPS) is 42.2. The van der Waals surface area contributed by atoms with Crippen molar-refractivity contribution >= 4 is 23.7 Å². The van der Waals surface area contributed by atoms with E-state index >= 15 is 0 Å². The van der Waals surface area contributed by atoms with Crippen molar-refractivity contribution in [1.29, 1.82) is 0 Å². The Labute approximate surface area is 191 Å². The summed E-state index contributed by atoms with van der Waals surface area (Å²) in [5.74, 6) is 1.62. The smallest absolute Gasteiger partial charge is 0.238 e. The number of piperidine rings is 1. The van der Waals surface area contributed by atoms with Gasteiger partial charge in [-0.25, -0.2) is 0 Å². The molecule has 3 aliphatic carbocycles. The zero-order chi connectivity index (χ0) is 22.1. The van der Waals surface area contributed by atoms with Crippen molar-refractivity contribution in [3.05, 3.63) is 41.4 Å². The second kappa shape index (κ2) is 7.19. The van der Waals surface area contributed by atoms with Gasteiger partial charge in [0.15, 0.2) is 5.12 Å². The molecule has 3 fully saturated rings. The van der Waals surface area contributed by atoms with E-state index in [-0.39, 0.29) is 21.9 Å². The van der Waals surface area contributed by atoms with Crippen LogP contribution in [0.15, 0.2) is 35.7 Å². The Hall–Kier alpha value is -1.62. The van der Waals surface area contributed by atoms with Crippen molar-refractivity contribution in [3.63, 3.8) is 0 Å². The van der Waals surface area contributed by atoms with Gasteiger partial charge in [-0.1, -0.05) is 25.5 Å². The van der Waals surface area contributed by atoms with Crippen molar-refractivity contribution in [2.24, 2.45) is 34.5 Å². The van der Waals surface area contributed by atoms with E-state index in [2.05, 4.69) is 45.5 Å². The number of aromatic nitrogens is 1. The molecule has 5 heteroatoms. The molecule has 1 aliphatic heterocycles. The Morgan fingerprint density at radius 1 is 1.19 bits per heavy atom. The fraction of sp³-hybridized carbons (Fsp3) is 0.654. The van der Waals surface area contributed by atoms with Gasteiger partial charge in [-0.2, -0.15) is 0 Å². The number of nitrogens with zero attached hydrogens (tertiary/aromatic N) is 2. The maximum Gasteiger partial charge on any atom is 0.238 e. The summed E-state index contributed by atoms with van der Waals surface area (Å²) >= 11 is 4.09. The Balaban J connectivity index is 1.53. The van der Waals surface area contributed by atoms with E-state index in [9.17, 15) is 9.59 Å². The molecule has 0 aromatic carbocycles. The monoisotopic (exact) mass is 438 g/mol. The fourth-order valence-electron chi connectivity index (χ4n) is 8.51. The molecule has 4 aliphatic rings. The predicted octanol–water partition coefficient (Wildman–Crippen LogP) is 5.23. The average molecular weight is 439 g/mol. The van der Waals surface area contributed by atoms with Gasteiger partial charge >= 0.3 is 0 Å². The zero-order valence-electron chi connectivity index (χ0n) is 19.1. The number of fused-ring (bicyclic) bond motifs is 5. The minimum absolute atomic E-state index is 0.0815. The van der Waals surface area contributed by atoms with Crippen LogP contribution in [0.3, 0.4) is 0 Å². The van der Waals surface area contributed by atoms with Gasteiger partial charge in [0.05, 0.1) is 0 Å². The highest BCUT2D eigenvalue weighted by Gasteiger charge is 2.61. The molecular formula is C26H34N2O2S. The van der Waals surface area contributed by atoms with E-state index in [1.807, 2.05) is 19.3 Å². The van der Waals surface area contributed by atoms with Gasteiger partial charge in [-0.3, -0.25) is 14.6 Å².